The number of furan rings is 1. The number of fused-ring (bicyclic) bond motifs is 4. The van der Waals surface area contributed by atoms with Gasteiger partial charge in [-0.1, -0.05) is 30.4 Å². The molecule has 1 heterocycles. The van der Waals surface area contributed by atoms with Gasteiger partial charge in [-0.25, -0.2) is 0 Å². The Balaban J connectivity index is 2.10. The molecule has 2 nitrogen and oxygen atoms in total. The van der Waals surface area contributed by atoms with Crippen molar-refractivity contribution in [2.24, 2.45) is 0 Å². The van der Waals surface area contributed by atoms with Gasteiger partial charge in [-0.2, -0.15) is 0 Å². The van der Waals surface area contributed by atoms with Crippen LogP contribution in [0, 0.1) is 0 Å². The average molecular weight is 222 g/mol. The predicted molar refractivity (Wildman–Crippen MR) is 65.8 cm³/mol. The SMILES string of the molecule is O=C1C2=C(C=CCC2)c2oc3ccccc3c21. The molecule has 2 aliphatic carbocycles. The van der Waals surface area contributed by atoms with Crippen LogP contribution in [0.4, 0.5) is 0 Å². The molecule has 2 aliphatic rings. The number of hydrogen-bond donors (Lipinski definition) is 0. The van der Waals surface area contributed by atoms with Crippen LogP contribution < -0.4 is 0 Å². The molecule has 82 valence electrons. The summed E-state index contributed by atoms with van der Waals surface area (Å²) in [4.78, 5) is 12.4. The predicted octanol–water partition coefficient (Wildman–Crippen LogP) is 3.73. The Labute approximate surface area is 98.2 Å². The lowest BCUT2D eigenvalue weighted by atomic mass is 9.98. The van der Waals surface area contributed by atoms with Crippen molar-refractivity contribution in [2.75, 3.05) is 0 Å². The fourth-order valence-corrected chi connectivity index (χ4v) is 2.72. The average Bonchev–Trinajstić information content (AvgIpc) is 2.88. The van der Waals surface area contributed by atoms with Gasteiger partial charge in [0.1, 0.15) is 11.3 Å². The van der Waals surface area contributed by atoms with Crippen molar-refractivity contribution in [3.05, 3.63) is 53.3 Å². The molecule has 0 N–H and O–H groups in total. The highest BCUT2D eigenvalue weighted by Gasteiger charge is 2.34. The van der Waals surface area contributed by atoms with Crippen LogP contribution in [0.2, 0.25) is 0 Å². The second-order valence-electron chi connectivity index (χ2n) is 4.46. The van der Waals surface area contributed by atoms with Crippen LogP contribution in [-0.2, 0) is 0 Å². The molecule has 1 aromatic heterocycles. The van der Waals surface area contributed by atoms with Gasteiger partial charge in [0.05, 0.1) is 5.56 Å². The number of carbonyl (C=O) groups excluding carboxylic acids is 1. The third-order valence-corrected chi connectivity index (χ3v) is 3.51. The first-order valence-corrected chi connectivity index (χ1v) is 5.82. The Bertz CT molecular complexity index is 714. The Kier molecular flexibility index (Phi) is 1.57. The molecule has 1 aromatic carbocycles. The minimum Gasteiger partial charge on any atom is -0.455 e. The Morgan fingerprint density at radius 2 is 2.06 bits per heavy atom. The number of para-hydroxylation sites is 1. The van der Waals surface area contributed by atoms with E-state index in [0.717, 1.165) is 46.3 Å². The first-order valence-electron chi connectivity index (χ1n) is 5.82. The highest BCUT2D eigenvalue weighted by Crippen LogP contribution is 2.43. The lowest BCUT2D eigenvalue weighted by Crippen LogP contribution is -1.99. The lowest BCUT2D eigenvalue weighted by molar-refractivity contribution is 0.103. The molecule has 0 atom stereocenters. The summed E-state index contributed by atoms with van der Waals surface area (Å²) in [7, 11) is 0. The number of benzene rings is 1. The molecule has 2 aromatic rings. The van der Waals surface area contributed by atoms with Gasteiger partial charge in [0.25, 0.3) is 0 Å². The molecule has 0 spiro atoms. The summed E-state index contributed by atoms with van der Waals surface area (Å²) in [6.07, 6.45) is 5.91. The van der Waals surface area contributed by atoms with Gasteiger partial charge in [0.2, 0.25) is 0 Å². The monoisotopic (exact) mass is 222 g/mol. The van der Waals surface area contributed by atoms with Crippen LogP contribution in [0.3, 0.4) is 0 Å². The highest BCUT2D eigenvalue weighted by molar-refractivity contribution is 6.26. The summed E-state index contributed by atoms with van der Waals surface area (Å²) < 4.78 is 5.82. The molecule has 0 aliphatic heterocycles. The van der Waals surface area contributed by atoms with Crippen molar-refractivity contribution < 1.29 is 9.21 Å². The van der Waals surface area contributed by atoms with Crippen LogP contribution >= 0.6 is 0 Å². The first kappa shape index (κ1) is 8.99. The number of Topliss-reactive ketones (excluding diaryl/α,β-unsaturated/α-hetero) is 1. The zero-order valence-electron chi connectivity index (χ0n) is 9.19. The Morgan fingerprint density at radius 1 is 1.18 bits per heavy atom. The summed E-state index contributed by atoms with van der Waals surface area (Å²) in [5.74, 6) is 0.923. The third-order valence-electron chi connectivity index (χ3n) is 3.51. The summed E-state index contributed by atoms with van der Waals surface area (Å²) in [5, 5.41) is 0.940. The zero-order valence-corrected chi connectivity index (χ0v) is 9.19. The van der Waals surface area contributed by atoms with E-state index in [1.165, 1.54) is 0 Å². The molecule has 0 unspecified atom stereocenters. The molecule has 17 heavy (non-hydrogen) atoms. The number of carbonyl (C=O) groups is 1. The van der Waals surface area contributed by atoms with E-state index < -0.39 is 0 Å². The van der Waals surface area contributed by atoms with E-state index in [0.29, 0.717) is 0 Å². The van der Waals surface area contributed by atoms with Crippen LogP contribution in [0.1, 0.15) is 29.0 Å². The van der Waals surface area contributed by atoms with Gasteiger partial charge in [0.15, 0.2) is 5.78 Å². The molecule has 0 radical (unpaired) electrons. The first-order chi connectivity index (χ1) is 8.36. The van der Waals surface area contributed by atoms with Gasteiger partial charge in [0, 0.05) is 16.5 Å². The summed E-state index contributed by atoms with van der Waals surface area (Å²) in [6.45, 7) is 0. The van der Waals surface area contributed by atoms with Gasteiger partial charge in [-0.15, -0.1) is 0 Å². The van der Waals surface area contributed by atoms with Crippen molar-refractivity contribution in [2.45, 2.75) is 12.8 Å². The lowest BCUT2D eigenvalue weighted by Gasteiger charge is -2.05. The minimum absolute atomic E-state index is 0.157. The highest BCUT2D eigenvalue weighted by atomic mass is 16.3. The van der Waals surface area contributed by atoms with Crippen molar-refractivity contribution in [1.82, 2.24) is 0 Å². The standard InChI is InChI=1S/C15H10O2/c16-14-9-5-1-2-6-10(9)15-13(14)11-7-3-4-8-12(11)17-15/h2-4,6-8H,1,5H2. The number of hydrogen-bond acceptors (Lipinski definition) is 2. The maximum Gasteiger partial charge on any atom is 0.194 e. The van der Waals surface area contributed by atoms with Crippen LogP contribution in [-0.4, -0.2) is 5.78 Å². The van der Waals surface area contributed by atoms with E-state index in [2.05, 4.69) is 6.08 Å². The molecule has 0 bridgehead atoms. The Morgan fingerprint density at radius 3 is 3.00 bits per heavy atom. The second kappa shape index (κ2) is 2.98. The quantitative estimate of drug-likeness (QED) is 0.679. The molecule has 4 rings (SSSR count). The third kappa shape index (κ3) is 1.02. The largest absolute Gasteiger partial charge is 0.455 e. The number of allylic oxidation sites excluding steroid dienone is 4. The maximum atomic E-state index is 12.4. The van der Waals surface area contributed by atoms with Gasteiger partial charge < -0.3 is 4.42 Å². The summed E-state index contributed by atoms with van der Waals surface area (Å²) in [6, 6.07) is 7.74. The van der Waals surface area contributed by atoms with Crippen molar-refractivity contribution >= 4 is 22.3 Å². The van der Waals surface area contributed by atoms with Crippen LogP contribution in [0.15, 0.2) is 46.4 Å². The van der Waals surface area contributed by atoms with Crippen molar-refractivity contribution in [1.29, 1.82) is 0 Å². The maximum absolute atomic E-state index is 12.4. The van der Waals surface area contributed by atoms with Crippen molar-refractivity contribution in [3.8, 4) is 0 Å². The smallest absolute Gasteiger partial charge is 0.194 e. The topological polar surface area (TPSA) is 30.2 Å². The number of ketones is 1. The normalized spacial score (nSPS) is 17.8. The molecule has 0 fully saturated rings. The van der Waals surface area contributed by atoms with E-state index in [-0.39, 0.29) is 5.78 Å². The number of rotatable bonds is 0. The van der Waals surface area contributed by atoms with Gasteiger partial charge in [-0.05, 0) is 18.9 Å². The minimum atomic E-state index is 0.157. The van der Waals surface area contributed by atoms with Crippen molar-refractivity contribution in [3.63, 3.8) is 0 Å². The second-order valence-corrected chi connectivity index (χ2v) is 4.46. The van der Waals surface area contributed by atoms with Crippen LogP contribution in [0.5, 0.6) is 0 Å². The van der Waals surface area contributed by atoms with Gasteiger partial charge >= 0.3 is 0 Å². The fourth-order valence-electron chi connectivity index (χ4n) is 2.72. The summed E-state index contributed by atoms with van der Waals surface area (Å²) in [5.41, 5.74) is 3.48. The van der Waals surface area contributed by atoms with E-state index in [1.807, 2.05) is 30.3 Å². The summed E-state index contributed by atoms with van der Waals surface area (Å²) >= 11 is 0. The molecular weight excluding hydrogens is 212 g/mol. The molecule has 0 saturated heterocycles. The molecule has 2 heteroatoms. The van der Waals surface area contributed by atoms with E-state index in [1.54, 1.807) is 0 Å². The van der Waals surface area contributed by atoms with E-state index in [4.69, 9.17) is 4.42 Å². The van der Waals surface area contributed by atoms with Crippen LogP contribution in [0.25, 0.3) is 16.5 Å². The van der Waals surface area contributed by atoms with Gasteiger partial charge in [-0.3, -0.25) is 4.79 Å². The zero-order chi connectivity index (χ0) is 11.4. The van der Waals surface area contributed by atoms with E-state index in [9.17, 15) is 4.79 Å². The van der Waals surface area contributed by atoms with E-state index >= 15 is 0 Å². The Hall–Kier alpha value is -2.09. The molecular formula is C15H10O2. The fraction of sp³-hybridized carbons (Fsp3) is 0.133. The molecule has 0 saturated carbocycles. The molecule has 0 amide bonds.